The topological polar surface area (TPSA) is 36.1 Å². The molecule has 0 aliphatic heterocycles. The van der Waals surface area contributed by atoms with Gasteiger partial charge in [0.15, 0.2) is 0 Å². The fourth-order valence-electron chi connectivity index (χ4n) is 1.33. The normalized spacial score (nSPS) is 11.0. The molecule has 0 aromatic rings. The predicted molar refractivity (Wildman–Crippen MR) is 54.5 cm³/mol. The standard InChI is InChI=1S/C9H23N3/c1-10-6-4-9(8-12-3)5-7-11-2/h9-12H,4-8H2,1-3H3. The fourth-order valence-corrected chi connectivity index (χ4v) is 1.33. The zero-order valence-corrected chi connectivity index (χ0v) is 8.61. The molecule has 0 spiro atoms. The van der Waals surface area contributed by atoms with Crippen LogP contribution in [0.1, 0.15) is 12.8 Å². The van der Waals surface area contributed by atoms with E-state index in [-0.39, 0.29) is 0 Å². The monoisotopic (exact) mass is 173 g/mol. The van der Waals surface area contributed by atoms with E-state index < -0.39 is 0 Å². The minimum atomic E-state index is 0.801. The van der Waals surface area contributed by atoms with E-state index in [0.717, 1.165) is 25.6 Å². The summed E-state index contributed by atoms with van der Waals surface area (Å²) < 4.78 is 0. The van der Waals surface area contributed by atoms with Crippen molar-refractivity contribution >= 4 is 0 Å². The van der Waals surface area contributed by atoms with Crippen LogP contribution in [0, 0.1) is 5.92 Å². The van der Waals surface area contributed by atoms with Crippen LogP contribution in [0.15, 0.2) is 0 Å². The van der Waals surface area contributed by atoms with E-state index in [2.05, 4.69) is 16.0 Å². The first kappa shape index (κ1) is 11.9. The Bertz CT molecular complexity index is 77.8. The third-order valence-electron chi connectivity index (χ3n) is 2.10. The lowest BCUT2D eigenvalue weighted by molar-refractivity contribution is 0.421. The van der Waals surface area contributed by atoms with Gasteiger partial charge >= 0.3 is 0 Å². The van der Waals surface area contributed by atoms with Gasteiger partial charge in [0.1, 0.15) is 0 Å². The highest BCUT2D eigenvalue weighted by atomic mass is 14.8. The molecule has 3 nitrogen and oxygen atoms in total. The Labute approximate surface area is 76.3 Å². The van der Waals surface area contributed by atoms with Gasteiger partial charge in [0.25, 0.3) is 0 Å². The smallest absolute Gasteiger partial charge is 0.00226 e. The average molecular weight is 173 g/mol. The molecule has 0 fully saturated rings. The SMILES string of the molecule is CNCCC(CCNC)CNC. The Kier molecular flexibility index (Phi) is 8.88. The maximum atomic E-state index is 3.23. The van der Waals surface area contributed by atoms with Gasteiger partial charge in [-0.05, 0) is 59.5 Å². The summed E-state index contributed by atoms with van der Waals surface area (Å²) in [4.78, 5) is 0. The van der Waals surface area contributed by atoms with Gasteiger partial charge in [-0.3, -0.25) is 0 Å². The molecule has 0 aromatic heterocycles. The molecule has 0 aromatic carbocycles. The Hall–Kier alpha value is -0.120. The lowest BCUT2D eigenvalue weighted by Gasteiger charge is -2.15. The lowest BCUT2D eigenvalue weighted by atomic mass is 10.0. The predicted octanol–water partition coefficient (Wildman–Crippen LogP) is 0.0410. The summed E-state index contributed by atoms with van der Waals surface area (Å²) in [6.45, 7) is 3.37. The molecule has 0 unspecified atom stereocenters. The first-order chi connectivity index (χ1) is 5.85. The molecular formula is C9H23N3. The van der Waals surface area contributed by atoms with E-state index in [4.69, 9.17) is 0 Å². The van der Waals surface area contributed by atoms with Crippen molar-refractivity contribution in [3.8, 4) is 0 Å². The van der Waals surface area contributed by atoms with Gasteiger partial charge in [-0.1, -0.05) is 0 Å². The molecule has 0 saturated heterocycles. The van der Waals surface area contributed by atoms with Gasteiger partial charge in [-0.25, -0.2) is 0 Å². The van der Waals surface area contributed by atoms with E-state index in [1.54, 1.807) is 0 Å². The van der Waals surface area contributed by atoms with Crippen molar-refractivity contribution in [2.24, 2.45) is 5.92 Å². The van der Waals surface area contributed by atoms with E-state index in [9.17, 15) is 0 Å². The first-order valence-corrected chi connectivity index (χ1v) is 4.79. The zero-order valence-electron chi connectivity index (χ0n) is 8.61. The van der Waals surface area contributed by atoms with Crippen LogP contribution in [0.25, 0.3) is 0 Å². The van der Waals surface area contributed by atoms with Crippen LogP contribution in [-0.4, -0.2) is 40.8 Å². The molecule has 0 radical (unpaired) electrons. The molecule has 3 heteroatoms. The van der Waals surface area contributed by atoms with Gasteiger partial charge < -0.3 is 16.0 Å². The Morgan fingerprint density at radius 2 is 1.33 bits per heavy atom. The average Bonchev–Trinajstić information content (AvgIpc) is 2.10. The molecule has 0 aliphatic rings. The van der Waals surface area contributed by atoms with Crippen LogP contribution < -0.4 is 16.0 Å². The second-order valence-corrected chi connectivity index (χ2v) is 3.21. The Morgan fingerprint density at radius 1 is 0.833 bits per heavy atom. The Morgan fingerprint density at radius 3 is 1.67 bits per heavy atom. The molecule has 0 aliphatic carbocycles. The maximum absolute atomic E-state index is 3.23. The van der Waals surface area contributed by atoms with Crippen LogP contribution in [0.3, 0.4) is 0 Å². The summed E-state index contributed by atoms with van der Waals surface area (Å²) in [7, 11) is 6.04. The van der Waals surface area contributed by atoms with Crippen molar-refractivity contribution in [1.29, 1.82) is 0 Å². The molecule has 0 amide bonds. The molecule has 0 rings (SSSR count). The largest absolute Gasteiger partial charge is 0.320 e. The second kappa shape index (κ2) is 8.97. The molecular weight excluding hydrogens is 150 g/mol. The van der Waals surface area contributed by atoms with Crippen LogP contribution in [0.5, 0.6) is 0 Å². The van der Waals surface area contributed by atoms with Gasteiger partial charge in [-0.2, -0.15) is 0 Å². The molecule has 0 atom stereocenters. The van der Waals surface area contributed by atoms with E-state index in [0.29, 0.717) is 0 Å². The van der Waals surface area contributed by atoms with Crippen LogP contribution in [-0.2, 0) is 0 Å². The third-order valence-corrected chi connectivity index (χ3v) is 2.10. The highest BCUT2D eigenvalue weighted by molar-refractivity contribution is 4.63. The summed E-state index contributed by atoms with van der Waals surface area (Å²) in [5.74, 6) is 0.801. The van der Waals surface area contributed by atoms with E-state index in [1.165, 1.54) is 12.8 Å². The number of nitrogens with one attached hydrogen (secondary N) is 3. The fraction of sp³-hybridized carbons (Fsp3) is 1.00. The van der Waals surface area contributed by atoms with Crippen LogP contribution in [0.4, 0.5) is 0 Å². The third kappa shape index (κ3) is 6.58. The van der Waals surface area contributed by atoms with Crippen LogP contribution >= 0.6 is 0 Å². The van der Waals surface area contributed by atoms with Gasteiger partial charge in [0.05, 0.1) is 0 Å². The summed E-state index contributed by atoms with van der Waals surface area (Å²) >= 11 is 0. The Balaban J connectivity index is 3.40. The van der Waals surface area contributed by atoms with Crippen molar-refractivity contribution < 1.29 is 0 Å². The van der Waals surface area contributed by atoms with E-state index >= 15 is 0 Å². The summed E-state index contributed by atoms with van der Waals surface area (Å²) in [6, 6.07) is 0. The molecule has 3 N–H and O–H groups in total. The molecule has 0 bridgehead atoms. The minimum Gasteiger partial charge on any atom is -0.320 e. The minimum absolute atomic E-state index is 0.801. The van der Waals surface area contributed by atoms with Crippen molar-refractivity contribution in [3.05, 3.63) is 0 Å². The lowest BCUT2D eigenvalue weighted by Crippen LogP contribution is -2.25. The van der Waals surface area contributed by atoms with Crippen molar-refractivity contribution in [3.63, 3.8) is 0 Å². The number of rotatable bonds is 8. The highest BCUT2D eigenvalue weighted by Crippen LogP contribution is 2.05. The number of hydrogen-bond acceptors (Lipinski definition) is 3. The van der Waals surface area contributed by atoms with Crippen molar-refractivity contribution in [2.75, 3.05) is 40.8 Å². The second-order valence-electron chi connectivity index (χ2n) is 3.21. The van der Waals surface area contributed by atoms with Crippen molar-refractivity contribution in [1.82, 2.24) is 16.0 Å². The van der Waals surface area contributed by atoms with Gasteiger partial charge in [-0.15, -0.1) is 0 Å². The van der Waals surface area contributed by atoms with Crippen molar-refractivity contribution in [2.45, 2.75) is 12.8 Å². The highest BCUT2D eigenvalue weighted by Gasteiger charge is 2.05. The van der Waals surface area contributed by atoms with Gasteiger partial charge in [0.2, 0.25) is 0 Å². The quantitative estimate of drug-likeness (QED) is 0.485. The summed E-state index contributed by atoms with van der Waals surface area (Å²) in [5.41, 5.74) is 0. The molecule has 74 valence electrons. The van der Waals surface area contributed by atoms with Gasteiger partial charge in [0, 0.05) is 0 Å². The number of hydrogen-bond donors (Lipinski definition) is 3. The zero-order chi connectivity index (χ0) is 9.23. The summed E-state index contributed by atoms with van der Waals surface area (Å²) in [6.07, 6.45) is 2.53. The van der Waals surface area contributed by atoms with E-state index in [1.807, 2.05) is 21.1 Å². The molecule has 12 heavy (non-hydrogen) atoms. The summed E-state index contributed by atoms with van der Waals surface area (Å²) in [5, 5.41) is 9.60. The molecule has 0 heterocycles. The van der Waals surface area contributed by atoms with Crippen LogP contribution in [0.2, 0.25) is 0 Å². The first-order valence-electron chi connectivity index (χ1n) is 4.79. The molecule has 0 saturated carbocycles. The maximum Gasteiger partial charge on any atom is -0.00226 e.